The molecule has 2 heterocycles. The largest absolute Gasteiger partial charge is 0.372 e. The number of piperazine rings is 1. The molecule has 1 aliphatic heterocycles. The highest BCUT2D eigenvalue weighted by atomic mass is 32.2. The average Bonchev–Trinajstić information content (AvgIpc) is 2.71. The first kappa shape index (κ1) is 19.8. The summed E-state index contributed by atoms with van der Waals surface area (Å²) in [4.78, 5) is 14.1. The number of rotatable bonds is 8. The minimum absolute atomic E-state index is 0.829. The van der Waals surface area contributed by atoms with Crippen LogP contribution >= 0.6 is 11.8 Å². The zero-order valence-corrected chi connectivity index (χ0v) is 17.4. The predicted molar refractivity (Wildman–Crippen MR) is 117 cm³/mol. The lowest BCUT2D eigenvalue weighted by Crippen LogP contribution is -2.44. The van der Waals surface area contributed by atoms with Gasteiger partial charge in [-0.1, -0.05) is 18.7 Å². The predicted octanol–water partition coefficient (Wildman–Crippen LogP) is 3.59. The van der Waals surface area contributed by atoms with Crippen molar-refractivity contribution < 1.29 is 0 Å². The highest BCUT2D eigenvalue weighted by molar-refractivity contribution is 7.99. The van der Waals surface area contributed by atoms with Gasteiger partial charge in [0.2, 0.25) is 0 Å². The second kappa shape index (κ2) is 9.80. The molecule has 0 radical (unpaired) electrons. The van der Waals surface area contributed by atoms with E-state index in [0.29, 0.717) is 0 Å². The SMILES string of the molecule is CCSc1nc(Nc2ccc(N(CC)CC)cc2)cc(N2CCNCC2)n1. The van der Waals surface area contributed by atoms with Gasteiger partial charge in [-0.2, -0.15) is 0 Å². The lowest BCUT2D eigenvalue weighted by molar-refractivity contribution is 0.583. The van der Waals surface area contributed by atoms with Crippen molar-refractivity contribution in [3.63, 3.8) is 0 Å². The van der Waals surface area contributed by atoms with Crippen LogP contribution < -0.4 is 20.4 Å². The Morgan fingerprint density at radius 2 is 1.78 bits per heavy atom. The van der Waals surface area contributed by atoms with Crippen LogP contribution in [0.5, 0.6) is 0 Å². The van der Waals surface area contributed by atoms with Crippen LogP contribution in [0.3, 0.4) is 0 Å². The number of thioether (sulfide) groups is 1. The van der Waals surface area contributed by atoms with Crippen molar-refractivity contribution in [2.75, 3.05) is 60.1 Å². The summed E-state index contributed by atoms with van der Waals surface area (Å²) >= 11 is 1.68. The van der Waals surface area contributed by atoms with E-state index in [4.69, 9.17) is 9.97 Å². The molecule has 1 saturated heterocycles. The van der Waals surface area contributed by atoms with Gasteiger partial charge in [0.05, 0.1) is 0 Å². The van der Waals surface area contributed by atoms with Crippen LogP contribution in [0.4, 0.5) is 23.0 Å². The lowest BCUT2D eigenvalue weighted by Gasteiger charge is -2.28. The lowest BCUT2D eigenvalue weighted by atomic mass is 10.2. The van der Waals surface area contributed by atoms with E-state index >= 15 is 0 Å². The van der Waals surface area contributed by atoms with Gasteiger partial charge in [-0.3, -0.25) is 0 Å². The van der Waals surface area contributed by atoms with E-state index in [1.807, 2.05) is 0 Å². The van der Waals surface area contributed by atoms with E-state index in [1.165, 1.54) is 5.69 Å². The van der Waals surface area contributed by atoms with Crippen molar-refractivity contribution in [1.82, 2.24) is 15.3 Å². The monoisotopic (exact) mass is 386 g/mol. The zero-order chi connectivity index (χ0) is 19.1. The van der Waals surface area contributed by atoms with Crippen molar-refractivity contribution in [1.29, 1.82) is 0 Å². The van der Waals surface area contributed by atoms with E-state index in [-0.39, 0.29) is 0 Å². The molecular formula is C20H30N6S. The van der Waals surface area contributed by atoms with Crippen LogP contribution in [-0.4, -0.2) is 55.0 Å². The minimum Gasteiger partial charge on any atom is -0.372 e. The topological polar surface area (TPSA) is 56.3 Å². The van der Waals surface area contributed by atoms with Crippen LogP contribution in [-0.2, 0) is 0 Å². The molecule has 2 N–H and O–H groups in total. The third kappa shape index (κ3) is 5.26. The Morgan fingerprint density at radius 1 is 1.07 bits per heavy atom. The standard InChI is InChI=1S/C20H30N6S/c1-4-25(5-2)17-9-7-16(8-10-17)22-18-15-19(24-20(23-18)27-6-3)26-13-11-21-12-14-26/h7-10,15,21H,4-6,11-14H2,1-3H3,(H,22,23,24). The van der Waals surface area contributed by atoms with Crippen LogP contribution in [0.25, 0.3) is 0 Å². The maximum atomic E-state index is 4.75. The molecule has 0 unspecified atom stereocenters. The first-order valence-electron chi connectivity index (χ1n) is 9.83. The highest BCUT2D eigenvalue weighted by Crippen LogP contribution is 2.25. The normalized spacial score (nSPS) is 14.3. The van der Waals surface area contributed by atoms with Crippen LogP contribution in [0.2, 0.25) is 0 Å². The van der Waals surface area contributed by atoms with E-state index in [9.17, 15) is 0 Å². The average molecular weight is 387 g/mol. The van der Waals surface area contributed by atoms with Gasteiger partial charge in [0.25, 0.3) is 0 Å². The van der Waals surface area contributed by atoms with E-state index in [1.54, 1.807) is 11.8 Å². The van der Waals surface area contributed by atoms with Crippen molar-refractivity contribution in [2.24, 2.45) is 0 Å². The second-order valence-corrected chi connectivity index (χ2v) is 7.64. The summed E-state index contributed by atoms with van der Waals surface area (Å²) in [6.07, 6.45) is 0. The maximum Gasteiger partial charge on any atom is 0.191 e. The molecule has 1 fully saturated rings. The molecule has 1 aromatic heterocycles. The zero-order valence-electron chi connectivity index (χ0n) is 16.5. The fraction of sp³-hybridized carbons (Fsp3) is 0.500. The van der Waals surface area contributed by atoms with E-state index < -0.39 is 0 Å². The van der Waals surface area contributed by atoms with Crippen LogP contribution in [0, 0.1) is 0 Å². The fourth-order valence-electron chi connectivity index (χ4n) is 3.22. The highest BCUT2D eigenvalue weighted by Gasteiger charge is 2.14. The fourth-order valence-corrected chi connectivity index (χ4v) is 3.80. The number of benzene rings is 1. The number of hydrogen-bond donors (Lipinski definition) is 2. The Balaban J connectivity index is 1.79. The molecule has 146 valence electrons. The maximum absolute atomic E-state index is 4.75. The summed E-state index contributed by atoms with van der Waals surface area (Å²) in [5.74, 6) is 2.82. The Kier molecular flexibility index (Phi) is 7.18. The Hall–Kier alpha value is -1.99. The first-order chi connectivity index (χ1) is 13.2. The number of nitrogens with one attached hydrogen (secondary N) is 2. The molecule has 0 aliphatic carbocycles. The molecule has 0 saturated carbocycles. The number of hydrogen-bond acceptors (Lipinski definition) is 7. The molecule has 0 amide bonds. The Bertz CT molecular complexity index is 711. The second-order valence-electron chi connectivity index (χ2n) is 6.41. The Labute approximate surface area is 166 Å². The van der Waals surface area contributed by atoms with Gasteiger partial charge in [-0.15, -0.1) is 0 Å². The molecular weight excluding hydrogens is 356 g/mol. The molecule has 1 aromatic carbocycles. The molecule has 0 atom stereocenters. The summed E-state index contributed by atoms with van der Waals surface area (Å²) in [5.41, 5.74) is 2.29. The van der Waals surface area contributed by atoms with Crippen molar-refractivity contribution in [3.8, 4) is 0 Å². The summed E-state index contributed by atoms with van der Waals surface area (Å²) < 4.78 is 0. The smallest absolute Gasteiger partial charge is 0.191 e. The van der Waals surface area contributed by atoms with Gasteiger partial charge in [0.1, 0.15) is 11.6 Å². The van der Waals surface area contributed by atoms with Gasteiger partial charge in [-0.05, 0) is 43.9 Å². The van der Waals surface area contributed by atoms with Gasteiger partial charge < -0.3 is 20.4 Å². The van der Waals surface area contributed by atoms with Crippen molar-refractivity contribution >= 4 is 34.8 Å². The molecule has 3 rings (SSSR count). The molecule has 2 aromatic rings. The van der Waals surface area contributed by atoms with Crippen LogP contribution in [0.1, 0.15) is 20.8 Å². The molecule has 0 spiro atoms. The van der Waals surface area contributed by atoms with Crippen molar-refractivity contribution in [2.45, 2.75) is 25.9 Å². The summed E-state index contributed by atoms with van der Waals surface area (Å²) in [5, 5.41) is 7.68. The number of nitrogens with zero attached hydrogens (tertiary/aromatic N) is 4. The molecule has 1 aliphatic rings. The van der Waals surface area contributed by atoms with E-state index in [0.717, 1.165) is 67.5 Å². The van der Waals surface area contributed by atoms with Crippen molar-refractivity contribution in [3.05, 3.63) is 30.3 Å². The van der Waals surface area contributed by atoms with Gasteiger partial charge in [-0.25, -0.2) is 9.97 Å². The third-order valence-corrected chi connectivity index (χ3v) is 5.40. The molecule has 7 heteroatoms. The van der Waals surface area contributed by atoms with E-state index in [2.05, 4.69) is 71.5 Å². The van der Waals surface area contributed by atoms with Crippen LogP contribution in [0.15, 0.2) is 35.5 Å². The molecule has 0 bridgehead atoms. The first-order valence-corrected chi connectivity index (χ1v) is 10.8. The quantitative estimate of drug-likeness (QED) is 0.531. The van der Waals surface area contributed by atoms with Gasteiger partial charge in [0, 0.05) is 56.7 Å². The minimum atomic E-state index is 0.829. The summed E-state index contributed by atoms with van der Waals surface area (Å²) in [6, 6.07) is 10.6. The van der Waals surface area contributed by atoms with Gasteiger partial charge >= 0.3 is 0 Å². The Morgan fingerprint density at radius 3 is 2.41 bits per heavy atom. The number of aromatic nitrogens is 2. The molecule has 27 heavy (non-hydrogen) atoms. The molecule has 6 nitrogen and oxygen atoms in total. The third-order valence-electron chi connectivity index (χ3n) is 4.67. The summed E-state index contributed by atoms with van der Waals surface area (Å²) in [7, 11) is 0. The summed E-state index contributed by atoms with van der Waals surface area (Å²) in [6.45, 7) is 12.5. The van der Waals surface area contributed by atoms with Gasteiger partial charge in [0.15, 0.2) is 5.16 Å². The number of anilines is 4.